The zero-order valence-corrected chi connectivity index (χ0v) is 23.6. The number of hydrogen-bond acceptors (Lipinski definition) is 4. The molecular formula is C27H33F8N3O2S. The largest absolute Gasteiger partial charge is 0.453 e. The van der Waals surface area contributed by atoms with Crippen molar-refractivity contribution in [2.24, 2.45) is 0 Å². The Kier molecular flexibility index (Phi) is 11.9. The number of hydrogen-bond donors (Lipinski definition) is 0. The van der Waals surface area contributed by atoms with Gasteiger partial charge in [-0.05, 0) is 62.8 Å². The van der Waals surface area contributed by atoms with Crippen molar-refractivity contribution in [2.75, 3.05) is 23.0 Å². The molecule has 0 bridgehead atoms. The molecule has 1 aromatic rings. The molecule has 230 valence electrons. The van der Waals surface area contributed by atoms with Crippen molar-refractivity contribution >= 4 is 29.4 Å². The first kappa shape index (κ1) is 34.6. The Balaban J connectivity index is 1.71. The van der Waals surface area contributed by atoms with Crippen LogP contribution in [0.2, 0.25) is 0 Å². The summed E-state index contributed by atoms with van der Waals surface area (Å²) in [7, 11) is 0. The van der Waals surface area contributed by atoms with Gasteiger partial charge in [-0.25, -0.2) is 9.69 Å². The van der Waals surface area contributed by atoms with E-state index in [2.05, 4.69) is 0 Å². The Morgan fingerprint density at radius 2 is 1.41 bits per heavy atom. The van der Waals surface area contributed by atoms with E-state index in [1.54, 1.807) is 0 Å². The number of imide groups is 1. The maximum absolute atomic E-state index is 13.4. The smallest absolute Gasteiger partial charge is 0.310 e. The maximum atomic E-state index is 13.4. The van der Waals surface area contributed by atoms with Gasteiger partial charge >= 0.3 is 24.3 Å². The van der Waals surface area contributed by atoms with Crippen molar-refractivity contribution in [3.8, 4) is 6.07 Å². The lowest BCUT2D eigenvalue weighted by molar-refractivity contribution is -0.284. The minimum absolute atomic E-state index is 0.209. The second-order valence-corrected chi connectivity index (χ2v) is 11.6. The number of unbranched alkanes of at least 4 members (excludes halogenated alkanes) is 6. The molecule has 1 fully saturated rings. The summed E-state index contributed by atoms with van der Waals surface area (Å²) < 4.78 is 102. The Morgan fingerprint density at radius 1 is 0.854 bits per heavy atom. The number of thioether (sulfide) groups is 1. The summed E-state index contributed by atoms with van der Waals surface area (Å²) in [6, 6.07) is 3.47. The predicted molar refractivity (Wildman–Crippen MR) is 140 cm³/mol. The van der Waals surface area contributed by atoms with Crippen LogP contribution < -0.4 is 4.90 Å². The first-order valence-corrected chi connectivity index (χ1v) is 14.4. The molecule has 2 rings (SSSR count). The summed E-state index contributed by atoms with van der Waals surface area (Å²) in [5, 5.41) is 8.99. The summed E-state index contributed by atoms with van der Waals surface area (Å²) in [6.45, 7) is 3.30. The minimum atomic E-state index is -5.51. The first-order valence-electron chi connectivity index (χ1n) is 13.2. The molecule has 1 aromatic carbocycles. The SMILES string of the molecule is CC1(C)C(=O)N(c2ccc(C#N)c(C(F)(F)F)c2)C(=O)N1CCCCCCCCCSCCCC(F)(F)C(F)(F)F. The van der Waals surface area contributed by atoms with Crippen LogP contribution in [-0.4, -0.2) is 52.5 Å². The average molecular weight is 616 g/mol. The van der Waals surface area contributed by atoms with Crippen LogP contribution in [0.4, 0.5) is 45.6 Å². The topological polar surface area (TPSA) is 64.4 Å². The van der Waals surface area contributed by atoms with Gasteiger partial charge in [0.05, 0.1) is 22.9 Å². The van der Waals surface area contributed by atoms with Crippen LogP contribution in [-0.2, 0) is 11.0 Å². The van der Waals surface area contributed by atoms with E-state index in [0.29, 0.717) is 18.2 Å². The second kappa shape index (κ2) is 14.1. The Hall–Kier alpha value is -2.56. The number of carbonyl (C=O) groups excluding carboxylic acids is 2. The van der Waals surface area contributed by atoms with Crippen LogP contribution in [0.25, 0.3) is 0 Å². The van der Waals surface area contributed by atoms with Gasteiger partial charge in [-0.15, -0.1) is 0 Å². The van der Waals surface area contributed by atoms with Crippen LogP contribution in [0, 0.1) is 11.3 Å². The van der Waals surface area contributed by atoms with E-state index in [4.69, 9.17) is 5.26 Å². The molecule has 5 nitrogen and oxygen atoms in total. The van der Waals surface area contributed by atoms with Crippen LogP contribution in [0.3, 0.4) is 0 Å². The number of anilines is 1. The number of halogens is 8. The van der Waals surface area contributed by atoms with Crippen molar-refractivity contribution in [1.82, 2.24) is 4.90 Å². The zero-order chi connectivity index (χ0) is 31.1. The molecule has 0 saturated carbocycles. The molecule has 0 spiro atoms. The Bertz CT molecular complexity index is 1100. The number of nitriles is 1. The Morgan fingerprint density at radius 3 is 1.98 bits per heavy atom. The van der Waals surface area contributed by atoms with Crippen molar-refractivity contribution in [3.05, 3.63) is 29.3 Å². The standard InChI is InChI=1S/C27H33F8N3O2S/c1-24(2)22(39)38(20-12-11-19(18-36)21(17-20)26(30,31)32)23(40)37(24)14-8-6-4-3-5-7-9-15-41-16-10-13-25(28,29)27(33,34)35/h11-12,17H,3-10,13-16H2,1-2H3. The van der Waals surface area contributed by atoms with Gasteiger partial charge in [-0.3, -0.25) is 4.79 Å². The molecule has 41 heavy (non-hydrogen) atoms. The number of rotatable bonds is 15. The fraction of sp³-hybridized carbons (Fsp3) is 0.667. The van der Waals surface area contributed by atoms with E-state index >= 15 is 0 Å². The molecular weight excluding hydrogens is 582 g/mol. The van der Waals surface area contributed by atoms with Crippen molar-refractivity contribution in [1.29, 1.82) is 5.26 Å². The molecule has 0 N–H and O–H groups in total. The van der Waals surface area contributed by atoms with Gasteiger partial charge in [-0.2, -0.15) is 52.1 Å². The van der Waals surface area contributed by atoms with Crippen LogP contribution in [0.5, 0.6) is 0 Å². The van der Waals surface area contributed by atoms with E-state index < -0.39 is 53.3 Å². The van der Waals surface area contributed by atoms with E-state index in [0.717, 1.165) is 55.6 Å². The van der Waals surface area contributed by atoms with E-state index in [1.165, 1.54) is 36.6 Å². The normalized spacial score (nSPS) is 16.0. The minimum Gasteiger partial charge on any atom is -0.310 e. The number of urea groups is 1. The molecule has 0 radical (unpaired) electrons. The van der Waals surface area contributed by atoms with Crippen LogP contribution >= 0.6 is 11.8 Å². The molecule has 1 saturated heterocycles. The van der Waals surface area contributed by atoms with E-state index in [-0.39, 0.29) is 24.4 Å². The monoisotopic (exact) mass is 615 g/mol. The van der Waals surface area contributed by atoms with Crippen LogP contribution in [0.1, 0.15) is 82.8 Å². The third-order valence-corrected chi connectivity index (χ3v) is 8.03. The molecule has 0 aliphatic carbocycles. The maximum Gasteiger partial charge on any atom is 0.453 e. The van der Waals surface area contributed by atoms with Crippen molar-refractivity contribution in [3.63, 3.8) is 0 Å². The van der Waals surface area contributed by atoms with Gasteiger partial charge in [0.1, 0.15) is 5.54 Å². The summed E-state index contributed by atoms with van der Waals surface area (Å²) in [6.07, 6.45) is -6.05. The highest BCUT2D eigenvalue weighted by molar-refractivity contribution is 7.99. The average Bonchev–Trinajstić information content (AvgIpc) is 3.03. The third-order valence-electron chi connectivity index (χ3n) is 6.88. The highest BCUT2D eigenvalue weighted by Gasteiger charge is 2.56. The molecule has 1 aliphatic rings. The quantitative estimate of drug-likeness (QED) is 0.113. The summed E-state index contributed by atoms with van der Waals surface area (Å²) >= 11 is 1.35. The molecule has 0 aromatic heterocycles. The number of alkyl halides is 8. The molecule has 1 aliphatic heterocycles. The number of benzene rings is 1. The lowest BCUT2D eigenvalue weighted by atomic mass is 10.0. The van der Waals surface area contributed by atoms with E-state index in [1.807, 2.05) is 0 Å². The second-order valence-electron chi connectivity index (χ2n) is 10.4. The highest BCUT2D eigenvalue weighted by Crippen LogP contribution is 2.39. The number of amides is 3. The fourth-order valence-corrected chi connectivity index (χ4v) is 5.40. The van der Waals surface area contributed by atoms with E-state index in [9.17, 15) is 44.7 Å². The molecule has 14 heteroatoms. The third kappa shape index (κ3) is 8.96. The predicted octanol–water partition coefficient (Wildman–Crippen LogP) is 8.57. The molecule has 0 unspecified atom stereocenters. The summed E-state index contributed by atoms with van der Waals surface area (Å²) in [5.74, 6) is -4.39. The molecule has 1 heterocycles. The fourth-order valence-electron chi connectivity index (χ4n) is 4.44. The van der Waals surface area contributed by atoms with Crippen molar-refractivity contribution in [2.45, 2.75) is 95.4 Å². The Labute approximate surface area is 238 Å². The number of carbonyl (C=O) groups is 2. The van der Waals surface area contributed by atoms with Crippen molar-refractivity contribution < 1.29 is 44.7 Å². The lowest BCUT2D eigenvalue weighted by Gasteiger charge is -2.27. The lowest BCUT2D eigenvalue weighted by Crippen LogP contribution is -2.44. The van der Waals surface area contributed by atoms with Gasteiger partial charge in [-0.1, -0.05) is 32.1 Å². The molecule has 3 amide bonds. The van der Waals surface area contributed by atoms with Gasteiger partial charge in [0.25, 0.3) is 5.91 Å². The summed E-state index contributed by atoms with van der Waals surface area (Å²) in [4.78, 5) is 28.1. The summed E-state index contributed by atoms with van der Waals surface area (Å²) in [5.41, 5.74) is -3.34. The zero-order valence-electron chi connectivity index (χ0n) is 22.8. The first-order chi connectivity index (χ1) is 18.9. The molecule has 0 atom stereocenters. The van der Waals surface area contributed by atoms with Gasteiger partial charge in [0.15, 0.2) is 0 Å². The van der Waals surface area contributed by atoms with Gasteiger partial charge in [0, 0.05) is 13.0 Å². The van der Waals surface area contributed by atoms with Crippen LogP contribution in [0.15, 0.2) is 18.2 Å². The van der Waals surface area contributed by atoms with Gasteiger partial charge in [0.2, 0.25) is 0 Å². The highest BCUT2D eigenvalue weighted by atomic mass is 32.2. The van der Waals surface area contributed by atoms with Gasteiger partial charge < -0.3 is 4.90 Å². The number of nitrogens with zero attached hydrogens (tertiary/aromatic N) is 3.